The van der Waals surface area contributed by atoms with Crippen molar-refractivity contribution in [3.05, 3.63) is 68.0 Å². The van der Waals surface area contributed by atoms with Crippen molar-refractivity contribution in [1.29, 1.82) is 0 Å². The van der Waals surface area contributed by atoms with Gasteiger partial charge in [-0.2, -0.15) is 4.31 Å². The highest BCUT2D eigenvalue weighted by Gasteiger charge is 2.50. The molecule has 206 valence electrons. The summed E-state index contributed by atoms with van der Waals surface area (Å²) in [6.07, 6.45) is -1.91. The number of hydrogen-bond acceptors (Lipinski definition) is 9. The van der Waals surface area contributed by atoms with Gasteiger partial charge in [0, 0.05) is 18.2 Å². The van der Waals surface area contributed by atoms with E-state index < -0.39 is 62.9 Å². The molecule has 0 saturated carbocycles. The Morgan fingerprint density at radius 3 is 2.51 bits per heavy atom. The van der Waals surface area contributed by atoms with Crippen LogP contribution in [-0.4, -0.2) is 60.1 Å². The molecule has 3 rings (SSSR count). The summed E-state index contributed by atoms with van der Waals surface area (Å²) >= 11 is 0. The number of phosphoric acid groups is 2. The second kappa shape index (κ2) is 10.8. The van der Waals surface area contributed by atoms with E-state index in [1.54, 1.807) is 0 Å². The number of aliphatic hydroxyl groups is 1. The van der Waals surface area contributed by atoms with Gasteiger partial charge in [-0.3, -0.25) is 13.9 Å². The van der Waals surface area contributed by atoms with Crippen molar-refractivity contribution in [1.82, 2.24) is 9.30 Å². The third-order valence-corrected chi connectivity index (χ3v) is 7.59. The number of halogens is 2. The molecule has 1 fully saturated rings. The van der Waals surface area contributed by atoms with Crippen LogP contribution in [0.5, 0.6) is 0 Å². The summed E-state index contributed by atoms with van der Waals surface area (Å²) in [6.45, 7) is 1.13. The van der Waals surface area contributed by atoms with Crippen LogP contribution in [-0.2, 0) is 35.7 Å². The van der Waals surface area contributed by atoms with Crippen molar-refractivity contribution in [3.63, 3.8) is 0 Å². The molecule has 4 unspecified atom stereocenters. The van der Waals surface area contributed by atoms with Gasteiger partial charge in [-0.1, -0.05) is 6.07 Å². The fourth-order valence-electron chi connectivity index (χ4n) is 3.51. The lowest BCUT2D eigenvalue weighted by Gasteiger charge is -2.28. The maximum absolute atomic E-state index is 13.9. The van der Waals surface area contributed by atoms with E-state index in [1.807, 2.05) is 0 Å². The molecule has 4 atom stereocenters. The van der Waals surface area contributed by atoms with E-state index in [1.165, 1.54) is 19.9 Å². The summed E-state index contributed by atoms with van der Waals surface area (Å²) in [7, 11) is -10.6. The monoisotopic (exact) mass is 572 g/mol. The third-order valence-electron chi connectivity index (χ3n) is 5.46. The van der Waals surface area contributed by atoms with E-state index in [0.29, 0.717) is 10.8 Å². The number of hydrogen-bond donors (Lipinski definition) is 4. The number of rotatable bonds is 10. The molecular formula is C19H24F2N2O12P2. The summed E-state index contributed by atoms with van der Waals surface area (Å²) in [6, 6.07) is 2.90. The maximum Gasteiger partial charge on any atom is 0.481 e. The van der Waals surface area contributed by atoms with Crippen LogP contribution in [0.25, 0.3) is 0 Å². The summed E-state index contributed by atoms with van der Waals surface area (Å²) in [5, 5.41) is 10.6. The van der Waals surface area contributed by atoms with Gasteiger partial charge in [0.15, 0.2) is 6.10 Å². The average molecular weight is 572 g/mol. The second-order valence-corrected chi connectivity index (χ2v) is 11.2. The Morgan fingerprint density at radius 2 is 1.89 bits per heavy atom. The predicted octanol–water partition coefficient (Wildman–Crippen LogP) is 0.0126. The molecule has 18 heteroatoms. The maximum atomic E-state index is 13.9. The molecule has 1 aliphatic rings. The van der Waals surface area contributed by atoms with Gasteiger partial charge >= 0.3 is 21.3 Å². The fourth-order valence-corrected chi connectivity index (χ4v) is 5.19. The zero-order valence-corrected chi connectivity index (χ0v) is 21.2. The highest BCUT2D eigenvalue weighted by Crippen LogP contribution is 2.58. The summed E-state index contributed by atoms with van der Waals surface area (Å²) in [4.78, 5) is 57.7. The zero-order valence-electron chi connectivity index (χ0n) is 19.4. The topological polar surface area (TPSA) is 196 Å². The van der Waals surface area contributed by atoms with E-state index >= 15 is 0 Å². The Labute approximate surface area is 207 Å². The van der Waals surface area contributed by atoms with Crippen molar-refractivity contribution >= 4 is 15.6 Å². The number of nitrogens with zero attached hydrogens (tertiary/aromatic N) is 2. The Morgan fingerprint density at radius 1 is 1.22 bits per heavy atom. The van der Waals surface area contributed by atoms with Crippen molar-refractivity contribution < 1.29 is 56.1 Å². The molecule has 0 amide bonds. The van der Waals surface area contributed by atoms with E-state index in [9.17, 15) is 37.5 Å². The number of benzene rings is 1. The molecule has 0 spiro atoms. The third kappa shape index (κ3) is 7.19. The van der Waals surface area contributed by atoms with Crippen molar-refractivity contribution in [2.75, 3.05) is 13.2 Å². The molecule has 0 bridgehead atoms. The van der Waals surface area contributed by atoms with E-state index in [0.717, 1.165) is 16.8 Å². The van der Waals surface area contributed by atoms with Crippen LogP contribution in [0.1, 0.15) is 18.1 Å². The molecule has 2 heterocycles. The van der Waals surface area contributed by atoms with Gasteiger partial charge in [-0.05, 0) is 31.9 Å². The first kappa shape index (κ1) is 29.3. The summed E-state index contributed by atoms with van der Waals surface area (Å²) in [5.74, 6) is -1.63. The highest BCUT2D eigenvalue weighted by atomic mass is 31.3. The van der Waals surface area contributed by atoms with Crippen LogP contribution in [0.4, 0.5) is 8.78 Å². The number of aliphatic hydroxyl groups excluding tert-OH is 1. The largest absolute Gasteiger partial charge is 0.481 e. The normalized spacial score (nSPS) is 23.7. The van der Waals surface area contributed by atoms with Crippen LogP contribution in [0.2, 0.25) is 0 Å². The van der Waals surface area contributed by atoms with Gasteiger partial charge in [0.05, 0.1) is 19.4 Å². The Bertz CT molecular complexity index is 1380. The minimum atomic E-state index is -5.36. The van der Waals surface area contributed by atoms with Gasteiger partial charge in [-0.25, -0.2) is 22.7 Å². The molecule has 1 aliphatic heterocycles. The van der Waals surface area contributed by atoms with E-state index in [2.05, 4.69) is 8.83 Å². The molecule has 0 aliphatic carbocycles. The summed E-state index contributed by atoms with van der Waals surface area (Å²) in [5.41, 5.74) is -3.24. The quantitative estimate of drug-likeness (QED) is 0.279. The Hall–Kier alpha value is -2.26. The van der Waals surface area contributed by atoms with Crippen molar-refractivity contribution in [2.45, 2.75) is 44.6 Å². The van der Waals surface area contributed by atoms with Crippen LogP contribution in [0.3, 0.4) is 0 Å². The molecule has 2 aromatic rings. The SMILES string of the molecule is Cc1cn(OC2COC(C)(COP(=O)(O)OP(=O)(O)O)C2O)c(=O)n(CCc2ccc(F)cc2F)c1=O. The van der Waals surface area contributed by atoms with E-state index in [4.69, 9.17) is 19.4 Å². The number of phosphoric ester groups is 1. The molecule has 0 radical (unpaired) electrons. The fraction of sp³-hybridized carbons (Fsp3) is 0.474. The van der Waals surface area contributed by atoms with Gasteiger partial charge in [0.25, 0.3) is 5.56 Å². The van der Waals surface area contributed by atoms with Gasteiger partial charge in [0.2, 0.25) is 0 Å². The second-order valence-electron chi connectivity index (χ2n) is 8.39. The van der Waals surface area contributed by atoms with E-state index in [-0.39, 0.29) is 30.7 Å². The van der Waals surface area contributed by atoms with Gasteiger partial charge in [0.1, 0.15) is 23.3 Å². The lowest BCUT2D eigenvalue weighted by molar-refractivity contribution is -0.0863. The Kier molecular flexibility index (Phi) is 8.59. The predicted molar refractivity (Wildman–Crippen MR) is 119 cm³/mol. The first-order chi connectivity index (χ1) is 17.0. The molecule has 1 aromatic heterocycles. The molecule has 14 nitrogen and oxygen atoms in total. The number of ether oxygens (including phenoxy) is 1. The standard InChI is InChI=1S/C19H24F2N2O12P2/c1-11-8-23(18(26)22(17(11)25)6-5-12-3-4-13(20)7-14(12)21)34-15-9-32-19(2,16(15)24)10-33-37(30,31)35-36(27,28)29/h3-4,7-8,15-16,24H,5-6,9-10H2,1-2H3,(H,30,31)(H2,27,28,29). The average Bonchev–Trinajstić information content (AvgIpc) is 3.05. The highest BCUT2D eigenvalue weighted by molar-refractivity contribution is 7.60. The van der Waals surface area contributed by atoms with Crippen molar-refractivity contribution in [2.24, 2.45) is 0 Å². The first-order valence-electron chi connectivity index (χ1n) is 10.5. The first-order valence-corrected chi connectivity index (χ1v) is 13.5. The van der Waals surface area contributed by atoms with Gasteiger partial charge < -0.3 is 29.4 Å². The number of aryl methyl sites for hydroxylation is 2. The summed E-state index contributed by atoms with van der Waals surface area (Å²) < 4.78 is 64.6. The minimum Gasteiger partial charge on any atom is -0.401 e. The molecular weight excluding hydrogens is 548 g/mol. The van der Waals surface area contributed by atoms with Crippen molar-refractivity contribution in [3.8, 4) is 0 Å². The van der Waals surface area contributed by atoms with Crippen LogP contribution < -0.4 is 16.1 Å². The van der Waals surface area contributed by atoms with Gasteiger partial charge in [-0.15, -0.1) is 4.73 Å². The molecule has 1 saturated heterocycles. The smallest absolute Gasteiger partial charge is 0.401 e. The zero-order chi connectivity index (χ0) is 27.8. The van der Waals surface area contributed by atoms with Crippen LogP contribution >= 0.6 is 15.6 Å². The minimum absolute atomic E-state index is 0.0643. The number of aromatic nitrogens is 2. The molecule has 37 heavy (non-hydrogen) atoms. The molecule has 4 N–H and O–H groups in total. The lowest BCUT2D eigenvalue weighted by Crippen LogP contribution is -2.50. The Balaban J connectivity index is 1.75. The van der Waals surface area contributed by atoms with Crippen LogP contribution in [0.15, 0.2) is 34.0 Å². The van der Waals surface area contributed by atoms with Crippen LogP contribution in [0, 0.1) is 18.6 Å². The lowest BCUT2D eigenvalue weighted by atomic mass is 9.99. The molecule has 1 aromatic carbocycles.